The second-order valence-electron chi connectivity index (χ2n) is 8.54. The van der Waals surface area contributed by atoms with E-state index >= 15 is 0 Å². The van der Waals surface area contributed by atoms with Gasteiger partial charge >= 0.3 is 0 Å². The van der Waals surface area contributed by atoms with Gasteiger partial charge in [-0.1, -0.05) is 30.3 Å². The van der Waals surface area contributed by atoms with Gasteiger partial charge in [0.05, 0.1) is 13.2 Å². The minimum absolute atomic E-state index is 0.109. The maximum atomic E-state index is 6.66. The molecule has 1 aliphatic rings. The van der Waals surface area contributed by atoms with Gasteiger partial charge in [-0.15, -0.1) is 0 Å². The van der Waals surface area contributed by atoms with Crippen LogP contribution in [0.3, 0.4) is 0 Å². The lowest BCUT2D eigenvalue weighted by Crippen LogP contribution is -2.37. The van der Waals surface area contributed by atoms with E-state index in [1.807, 2.05) is 17.8 Å². The molecule has 0 unspecified atom stereocenters. The Morgan fingerprint density at radius 1 is 1.03 bits per heavy atom. The number of benzene rings is 2. The highest BCUT2D eigenvalue weighted by Crippen LogP contribution is 2.44. The molecule has 0 saturated carbocycles. The number of hydrogen-bond donors (Lipinski definition) is 1. The Bertz CT molecular complexity index is 854. The third-order valence-electron chi connectivity index (χ3n) is 6.17. The summed E-state index contributed by atoms with van der Waals surface area (Å²) in [6, 6.07) is 10.4. The van der Waals surface area contributed by atoms with Crippen LogP contribution in [0, 0.1) is 20.8 Å². The average molecular weight is 461 g/mol. The molecule has 1 atom stereocenters. The molecular formula is C26H36O3S2. The first-order chi connectivity index (χ1) is 14.9. The number of ether oxygens (including phenoxy) is 3. The predicted molar refractivity (Wildman–Crippen MR) is 135 cm³/mol. The van der Waals surface area contributed by atoms with Crippen LogP contribution < -0.4 is 9.47 Å². The molecule has 0 aliphatic carbocycles. The molecule has 170 valence electrons. The van der Waals surface area contributed by atoms with Crippen LogP contribution in [0.15, 0.2) is 30.3 Å². The zero-order chi connectivity index (χ0) is 22.3. The van der Waals surface area contributed by atoms with Gasteiger partial charge in [-0.05, 0) is 75.0 Å². The number of hydrogen-bond acceptors (Lipinski definition) is 5. The van der Waals surface area contributed by atoms with E-state index in [9.17, 15) is 0 Å². The molecular weight excluding hydrogens is 424 g/mol. The minimum Gasteiger partial charge on any atom is -0.488 e. The molecule has 1 aliphatic heterocycles. The maximum Gasteiger partial charge on any atom is 0.127 e. The second kappa shape index (κ2) is 11.5. The van der Waals surface area contributed by atoms with Crippen LogP contribution in [-0.4, -0.2) is 36.1 Å². The topological polar surface area (TPSA) is 27.7 Å². The molecule has 3 nitrogen and oxygen atoms in total. The molecule has 31 heavy (non-hydrogen) atoms. The van der Waals surface area contributed by atoms with Crippen LogP contribution in [0.2, 0.25) is 0 Å². The van der Waals surface area contributed by atoms with Crippen molar-refractivity contribution in [3.05, 3.63) is 58.1 Å². The Balaban J connectivity index is 1.64. The van der Waals surface area contributed by atoms with E-state index in [-0.39, 0.29) is 5.60 Å². The number of rotatable bonds is 11. The Hall–Kier alpha value is -1.30. The zero-order valence-electron chi connectivity index (χ0n) is 19.3. The smallest absolute Gasteiger partial charge is 0.127 e. The predicted octanol–water partition coefficient (Wildman–Crippen LogP) is 6.34. The molecule has 2 aromatic rings. The Labute approximate surface area is 197 Å². The Morgan fingerprint density at radius 2 is 1.81 bits per heavy atom. The fraction of sp³-hybridized carbons (Fsp3) is 0.538. The summed E-state index contributed by atoms with van der Waals surface area (Å²) in [6.07, 6.45) is 3.13. The summed E-state index contributed by atoms with van der Waals surface area (Å²) in [7, 11) is 0. The summed E-state index contributed by atoms with van der Waals surface area (Å²) >= 11 is 6.11. The highest BCUT2D eigenvalue weighted by atomic mass is 32.2. The average Bonchev–Trinajstić information content (AvgIpc) is 2.77. The molecule has 5 heteroatoms. The largest absolute Gasteiger partial charge is 0.488 e. The molecule has 2 aromatic carbocycles. The van der Waals surface area contributed by atoms with Crippen molar-refractivity contribution in [2.45, 2.75) is 59.2 Å². The molecule has 0 bridgehead atoms. The summed E-state index contributed by atoms with van der Waals surface area (Å²) in [5.74, 6) is 5.00. The third kappa shape index (κ3) is 6.36. The molecule has 3 rings (SSSR count). The summed E-state index contributed by atoms with van der Waals surface area (Å²) in [5, 5.41) is 0. The molecule has 0 N–H and O–H groups in total. The van der Waals surface area contributed by atoms with Crippen LogP contribution in [0.5, 0.6) is 11.5 Å². The summed E-state index contributed by atoms with van der Waals surface area (Å²) in [5.41, 5.74) is 6.02. The summed E-state index contributed by atoms with van der Waals surface area (Å²) in [6.45, 7) is 10.9. The van der Waals surface area contributed by atoms with Gasteiger partial charge in [0.1, 0.15) is 23.7 Å². The molecule has 1 heterocycles. The van der Waals surface area contributed by atoms with Crippen molar-refractivity contribution in [1.29, 1.82) is 0 Å². The van der Waals surface area contributed by atoms with E-state index in [0.29, 0.717) is 6.61 Å². The van der Waals surface area contributed by atoms with Crippen molar-refractivity contribution in [1.82, 2.24) is 0 Å². The van der Waals surface area contributed by atoms with E-state index < -0.39 is 0 Å². The molecule has 0 saturated heterocycles. The highest BCUT2D eigenvalue weighted by Gasteiger charge is 2.34. The van der Waals surface area contributed by atoms with Gasteiger partial charge in [0.2, 0.25) is 0 Å². The fourth-order valence-corrected chi connectivity index (χ4v) is 5.22. The van der Waals surface area contributed by atoms with Crippen molar-refractivity contribution in [2.75, 3.05) is 30.5 Å². The zero-order valence-corrected chi connectivity index (χ0v) is 21.0. The van der Waals surface area contributed by atoms with Crippen LogP contribution in [0.1, 0.15) is 47.6 Å². The van der Waals surface area contributed by atoms with E-state index in [2.05, 4.69) is 64.6 Å². The molecule has 0 radical (unpaired) electrons. The second-order valence-corrected chi connectivity index (χ2v) is 10.2. The van der Waals surface area contributed by atoms with E-state index in [4.69, 9.17) is 14.2 Å². The molecule has 0 spiro atoms. The van der Waals surface area contributed by atoms with E-state index in [1.165, 1.54) is 27.8 Å². The third-order valence-corrected chi connectivity index (χ3v) is 7.30. The van der Waals surface area contributed by atoms with Crippen molar-refractivity contribution in [3.63, 3.8) is 0 Å². The van der Waals surface area contributed by atoms with Crippen LogP contribution in [-0.2, 0) is 17.8 Å². The number of fused-ring (bicyclic) bond motifs is 1. The first-order valence-corrected chi connectivity index (χ1v) is 13.0. The van der Waals surface area contributed by atoms with Crippen molar-refractivity contribution in [2.24, 2.45) is 0 Å². The lowest BCUT2D eigenvalue weighted by Gasteiger charge is -2.38. The van der Waals surface area contributed by atoms with Gasteiger partial charge in [-0.25, -0.2) is 0 Å². The molecule has 0 amide bonds. The lowest BCUT2D eigenvalue weighted by atomic mass is 9.86. The summed E-state index contributed by atoms with van der Waals surface area (Å²) in [4.78, 5) is 0. The Morgan fingerprint density at radius 3 is 2.55 bits per heavy atom. The Kier molecular flexibility index (Phi) is 9.06. The van der Waals surface area contributed by atoms with Crippen molar-refractivity contribution < 1.29 is 14.2 Å². The van der Waals surface area contributed by atoms with Gasteiger partial charge in [-0.3, -0.25) is 0 Å². The van der Waals surface area contributed by atoms with Gasteiger partial charge < -0.3 is 14.2 Å². The monoisotopic (exact) mass is 460 g/mol. The van der Waals surface area contributed by atoms with Gasteiger partial charge in [-0.2, -0.15) is 24.4 Å². The van der Waals surface area contributed by atoms with E-state index in [1.54, 1.807) is 0 Å². The van der Waals surface area contributed by atoms with Crippen molar-refractivity contribution in [3.8, 4) is 11.5 Å². The number of thiol groups is 1. The van der Waals surface area contributed by atoms with Crippen molar-refractivity contribution >= 4 is 24.4 Å². The lowest BCUT2D eigenvalue weighted by molar-refractivity contribution is 0.0609. The van der Waals surface area contributed by atoms with Gasteiger partial charge in [0.25, 0.3) is 0 Å². The van der Waals surface area contributed by atoms with Crippen LogP contribution in [0.4, 0.5) is 0 Å². The highest BCUT2D eigenvalue weighted by molar-refractivity contribution is 7.99. The fourth-order valence-electron chi connectivity index (χ4n) is 4.08. The number of thioether (sulfide) groups is 1. The summed E-state index contributed by atoms with van der Waals surface area (Å²) < 4.78 is 18.5. The quantitative estimate of drug-likeness (QED) is 0.313. The first kappa shape index (κ1) is 24.3. The van der Waals surface area contributed by atoms with E-state index in [0.717, 1.165) is 61.2 Å². The van der Waals surface area contributed by atoms with Gasteiger partial charge in [0, 0.05) is 17.1 Å². The first-order valence-electron chi connectivity index (χ1n) is 11.2. The van der Waals surface area contributed by atoms with Crippen LogP contribution in [0.25, 0.3) is 0 Å². The van der Waals surface area contributed by atoms with Crippen LogP contribution >= 0.6 is 24.4 Å². The molecule has 0 fully saturated rings. The normalized spacial score (nSPS) is 17.8. The minimum atomic E-state index is -0.109. The maximum absolute atomic E-state index is 6.66. The SMILES string of the molecule is Cc1c(C)c2c(c(C)c1OCc1ccccc1)CC[C@@](C)(CCSCCOCCS)O2. The standard InChI is InChI=1S/C26H36O3S2/c1-19-20(2)25-23(21(3)24(19)28-18-22-8-6-5-7-9-22)10-11-26(4,29-25)12-16-31-17-14-27-13-15-30/h5-9,30H,10-18H2,1-4H3/t26-/m0/s1. The van der Waals surface area contributed by atoms with Gasteiger partial charge in [0.15, 0.2) is 0 Å². The molecule has 0 aromatic heterocycles.